The van der Waals surface area contributed by atoms with Gasteiger partial charge in [-0.2, -0.15) is 0 Å². The Hall–Kier alpha value is -3.87. The van der Waals surface area contributed by atoms with Gasteiger partial charge in [0.1, 0.15) is 13.2 Å². The van der Waals surface area contributed by atoms with E-state index in [0.717, 1.165) is 22.3 Å². The molecule has 2 heterocycles. The van der Waals surface area contributed by atoms with Crippen LogP contribution in [-0.4, -0.2) is 41.9 Å². The van der Waals surface area contributed by atoms with Gasteiger partial charge in [-0.05, 0) is 34.4 Å². The van der Waals surface area contributed by atoms with Crippen LogP contribution < -0.4 is 9.64 Å². The van der Waals surface area contributed by atoms with Crippen molar-refractivity contribution in [2.75, 3.05) is 24.7 Å². The molecule has 0 radical (unpaired) electrons. The zero-order chi connectivity index (χ0) is 20.7. The Kier molecular flexibility index (Phi) is 4.35. The molecule has 0 bridgehead atoms. The van der Waals surface area contributed by atoms with Crippen molar-refractivity contribution in [1.82, 2.24) is 4.98 Å². The smallest absolute Gasteiger partial charge is 0.415 e. The Morgan fingerprint density at radius 2 is 1.70 bits per heavy atom. The number of carboxylic acids is 1. The van der Waals surface area contributed by atoms with Gasteiger partial charge in [0.25, 0.3) is 0 Å². The van der Waals surface area contributed by atoms with Crippen molar-refractivity contribution in [3.63, 3.8) is 0 Å². The molecule has 2 aromatic carbocycles. The highest BCUT2D eigenvalue weighted by Crippen LogP contribution is 2.44. The molecule has 0 saturated heterocycles. The quantitative estimate of drug-likeness (QED) is 0.714. The second-order valence-electron chi connectivity index (χ2n) is 7.13. The first-order valence-corrected chi connectivity index (χ1v) is 9.63. The Morgan fingerprint density at radius 3 is 2.37 bits per heavy atom. The lowest BCUT2D eigenvalue weighted by atomic mass is 9.98. The number of pyridine rings is 1. The molecule has 7 nitrogen and oxygen atoms in total. The second kappa shape index (κ2) is 7.18. The van der Waals surface area contributed by atoms with Crippen molar-refractivity contribution < 1.29 is 24.2 Å². The van der Waals surface area contributed by atoms with Crippen LogP contribution in [0.4, 0.5) is 10.6 Å². The molecule has 1 amide bonds. The molecule has 0 spiro atoms. The average Bonchev–Trinajstić information content (AvgIpc) is 3.10. The molecular formula is C23H18N2O5. The number of amides is 1. The predicted octanol–water partition coefficient (Wildman–Crippen LogP) is 3.93. The van der Waals surface area contributed by atoms with Gasteiger partial charge in [-0.25, -0.2) is 14.6 Å². The van der Waals surface area contributed by atoms with Crippen molar-refractivity contribution in [3.8, 4) is 16.9 Å². The summed E-state index contributed by atoms with van der Waals surface area (Å²) in [5.41, 5.74) is 4.40. The molecule has 0 unspecified atom stereocenters. The number of nitrogens with zero attached hydrogens (tertiary/aromatic N) is 2. The molecule has 0 saturated carbocycles. The first-order chi connectivity index (χ1) is 14.6. The maximum Gasteiger partial charge on any atom is 0.415 e. The molecule has 1 aliphatic carbocycles. The first-order valence-electron chi connectivity index (χ1n) is 9.63. The van der Waals surface area contributed by atoms with Crippen LogP contribution in [0, 0.1) is 0 Å². The second-order valence-corrected chi connectivity index (χ2v) is 7.13. The minimum absolute atomic E-state index is 0.0554. The largest absolute Gasteiger partial charge is 0.488 e. The molecule has 1 aromatic heterocycles. The van der Waals surface area contributed by atoms with E-state index in [2.05, 4.69) is 29.2 Å². The van der Waals surface area contributed by atoms with E-state index >= 15 is 0 Å². The van der Waals surface area contributed by atoms with E-state index in [0.29, 0.717) is 5.75 Å². The summed E-state index contributed by atoms with van der Waals surface area (Å²) in [5, 5.41) is 9.21. The highest BCUT2D eigenvalue weighted by atomic mass is 16.6. The number of carboxylic acid groups (broad SMARTS) is 1. The van der Waals surface area contributed by atoms with Crippen LogP contribution in [-0.2, 0) is 4.74 Å². The third-order valence-corrected chi connectivity index (χ3v) is 5.44. The molecule has 3 aromatic rings. The predicted molar refractivity (Wildman–Crippen MR) is 109 cm³/mol. The van der Waals surface area contributed by atoms with E-state index in [-0.39, 0.29) is 37.2 Å². The van der Waals surface area contributed by atoms with Gasteiger partial charge in [-0.3, -0.25) is 4.90 Å². The maximum atomic E-state index is 12.9. The van der Waals surface area contributed by atoms with Crippen molar-refractivity contribution in [1.29, 1.82) is 0 Å². The number of anilines is 1. The van der Waals surface area contributed by atoms with Crippen LogP contribution in [0.5, 0.6) is 5.75 Å². The molecule has 2 aliphatic rings. The van der Waals surface area contributed by atoms with E-state index in [9.17, 15) is 14.7 Å². The normalized spacial score (nSPS) is 14.3. The number of carbonyl (C=O) groups excluding carboxylic acids is 1. The first kappa shape index (κ1) is 18.2. The van der Waals surface area contributed by atoms with Crippen LogP contribution in [0.25, 0.3) is 11.1 Å². The van der Waals surface area contributed by atoms with Crippen LogP contribution in [0.3, 0.4) is 0 Å². The summed E-state index contributed by atoms with van der Waals surface area (Å²) in [6.07, 6.45) is -0.573. The summed E-state index contributed by atoms with van der Waals surface area (Å²) in [6, 6.07) is 19.1. The third kappa shape index (κ3) is 2.95. The lowest BCUT2D eigenvalue weighted by molar-refractivity contribution is 0.0690. The highest BCUT2D eigenvalue weighted by Gasteiger charge is 2.32. The molecule has 1 N–H and O–H groups in total. The Bertz CT molecular complexity index is 1110. The maximum absolute atomic E-state index is 12.9. The minimum Gasteiger partial charge on any atom is -0.488 e. The van der Waals surface area contributed by atoms with E-state index in [1.165, 1.54) is 17.0 Å². The highest BCUT2D eigenvalue weighted by molar-refractivity contribution is 5.91. The minimum atomic E-state index is -1.17. The Morgan fingerprint density at radius 1 is 1.03 bits per heavy atom. The van der Waals surface area contributed by atoms with Gasteiger partial charge in [0, 0.05) is 5.92 Å². The molecule has 5 rings (SSSR count). The number of benzene rings is 2. The number of carbonyl (C=O) groups is 2. The third-order valence-electron chi connectivity index (χ3n) is 5.44. The van der Waals surface area contributed by atoms with Gasteiger partial charge in [-0.1, -0.05) is 48.5 Å². The fraction of sp³-hybridized carbons (Fsp3) is 0.174. The Balaban J connectivity index is 1.39. The molecule has 0 atom stereocenters. The molecule has 0 fully saturated rings. The molecule has 7 heteroatoms. The van der Waals surface area contributed by atoms with Gasteiger partial charge in [-0.15, -0.1) is 0 Å². The lowest BCUT2D eigenvalue weighted by Crippen LogP contribution is -2.39. The van der Waals surface area contributed by atoms with Gasteiger partial charge in [0.15, 0.2) is 17.3 Å². The van der Waals surface area contributed by atoms with E-state index < -0.39 is 12.1 Å². The van der Waals surface area contributed by atoms with Gasteiger partial charge >= 0.3 is 12.1 Å². The average molecular weight is 402 g/mol. The lowest BCUT2D eigenvalue weighted by Gasteiger charge is -2.28. The van der Waals surface area contributed by atoms with Crippen LogP contribution in [0.2, 0.25) is 0 Å². The summed E-state index contributed by atoms with van der Waals surface area (Å²) in [4.78, 5) is 29.5. The number of hydrogen-bond donors (Lipinski definition) is 1. The van der Waals surface area contributed by atoms with Crippen molar-refractivity contribution in [3.05, 3.63) is 77.5 Å². The van der Waals surface area contributed by atoms with Crippen molar-refractivity contribution in [2.45, 2.75) is 5.92 Å². The summed E-state index contributed by atoms with van der Waals surface area (Å²) in [7, 11) is 0. The van der Waals surface area contributed by atoms with Crippen LogP contribution in [0.15, 0.2) is 60.7 Å². The topological polar surface area (TPSA) is 89.0 Å². The molecular weight excluding hydrogens is 384 g/mol. The summed E-state index contributed by atoms with van der Waals surface area (Å²) in [6.45, 7) is 0.698. The van der Waals surface area contributed by atoms with E-state index in [1.54, 1.807) is 0 Å². The summed E-state index contributed by atoms with van der Waals surface area (Å²) < 4.78 is 11.2. The standard InChI is InChI=1S/C23H18N2O5/c26-22(27)19-9-10-20-21(24-19)25(11-12-29-20)23(28)30-13-18-16-7-3-1-5-14(16)15-6-2-4-8-17(15)18/h1-10,18H,11-13H2,(H,26,27). The SMILES string of the molecule is O=C(O)c1ccc2c(n1)N(C(=O)OCC1c3ccccc3-c3ccccc31)CCO2. The number of ether oxygens (including phenoxy) is 2. The monoisotopic (exact) mass is 402 g/mol. The Labute approximate surface area is 172 Å². The number of aromatic nitrogens is 1. The fourth-order valence-electron chi connectivity index (χ4n) is 4.06. The van der Waals surface area contributed by atoms with Gasteiger partial charge in [0.05, 0.1) is 6.54 Å². The van der Waals surface area contributed by atoms with Crippen LogP contribution in [0.1, 0.15) is 27.5 Å². The fourth-order valence-corrected chi connectivity index (χ4v) is 4.06. The summed E-state index contributed by atoms with van der Waals surface area (Å²) in [5.74, 6) is -0.700. The van der Waals surface area contributed by atoms with Crippen molar-refractivity contribution in [2.24, 2.45) is 0 Å². The number of fused-ring (bicyclic) bond motifs is 4. The molecule has 150 valence electrons. The van der Waals surface area contributed by atoms with Crippen LogP contribution >= 0.6 is 0 Å². The van der Waals surface area contributed by atoms with Gasteiger partial charge in [0.2, 0.25) is 0 Å². The number of aromatic carboxylic acids is 1. The zero-order valence-corrected chi connectivity index (χ0v) is 15.9. The molecule has 1 aliphatic heterocycles. The number of hydrogen-bond acceptors (Lipinski definition) is 5. The van der Waals surface area contributed by atoms with E-state index in [1.807, 2.05) is 24.3 Å². The number of rotatable bonds is 3. The van der Waals surface area contributed by atoms with Gasteiger partial charge < -0.3 is 14.6 Å². The zero-order valence-electron chi connectivity index (χ0n) is 15.9. The summed E-state index contributed by atoms with van der Waals surface area (Å²) >= 11 is 0. The molecule has 30 heavy (non-hydrogen) atoms. The van der Waals surface area contributed by atoms with E-state index in [4.69, 9.17) is 9.47 Å². The van der Waals surface area contributed by atoms with Crippen molar-refractivity contribution >= 4 is 17.9 Å².